The highest BCUT2D eigenvalue weighted by Gasteiger charge is 2.70. The van der Waals surface area contributed by atoms with Crippen molar-refractivity contribution in [2.45, 2.75) is 82.1 Å². The summed E-state index contributed by atoms with van der Waals surface area (Å²) < 4.78 is 4.58. The third-order valence-electron chi connectivity index (χ3n) is 6.51. The molecular formula is C22H35NO7S. The van der Waals surface area contributed by atoms with Crippen molar-refractivity contribution >= 4 is 28.8 Å². The first-order chi connectivity index (χ1) is 14.6. The van der Waals surface area contributed by atoms with Gasteiger partial charge < -0.3 is 25.4 Å². The molecule has 1 aliphatic carbocycles. The predicted molar refractivity (Wildman–Crippen MR) is 117 cm³/mol. The van der Waals surface area contributed by atoms with Crippen LogP contribution in [0, 0.1) is 11.8 Å². The summed E-state index contributed by atoms with van der Waals surface area (Å²) in [6, 6.07) is 0. The van der Waals surface area contributed by atoms with Crippen molar-refractivity contribution in [3.63, 3.8) is 0 Å². The van der Waals surface area contributed by atoms with Crippen molar-refractivity contribution in [1.29, 1.82) is 0 Å². The number of hydrogen-bond donors (Lipinski definition) is 4. The fourth-order valence-electron chi connectivity index (χ4n) is 4.69. The summed E-state index contributed by atoms with van der Waals surface area (Å²) in [6.45, 7) is 3.33. The molecule has 6 atom stereocenters. The second-order valence-corrected chi connectivity index (χ2v) is 9.55. The molecule has 1 fully saturated rings. The van der Waals surface area contributed by atoms with Crippen molar-refractivity contribution in [2.24, 2.45) is 11.8 Å². The highest BCUT2D eigenvalue weighted by Crippen LogP contribution is 2.46. The van der Waals surface area contributed by atoms with Crippen LogP contribution in [0.2, 0.25) is 0 Å². The third-order valence-corrected chi connectivity index (χ3v) is 7.47. The smallest absolute Gasteiger partial charge is 0.316 e. The van der Waals surface area contributed by atoms with E-state index >= 15 is 0 Å². The Morgan fingerprint density at radius 1 is 1.35 bits per heavy atom. The van der Waals surface area contributed by atoms with Crippen molar-refractivity contribution in [2.75, 3.05) is 12.9 Å². The molecule has 2 rings (SSSR count). The number of rotatable bonds is 10. The van der Waals surface area contributed by atoms with Gasteiger partial charge in [-0.2, -0.15) is 0 Å². The van der Waals surface area contributed by atoms with Crippen molar-refractivity contribution in [1.82, 2.24) is 5.32 Å². The zero-order valence-corrected chi connectivity index (χ0v) is 19.3. The van der Waals surface area contributed by atoms with E-state index in [1.807, 2.05) is 13.0 Å². The average molecular weight is 458 g/mol. The number of esters is 1. The van der Waals surface area contributed by atoms with Gasteiger partial charge >= 0.3 is 5.97 Å². The van der Waals surface area contributed by atoms with Gasteiger partial charge in [0.1, 0.15) is 5.60 Å². The molecule has 4 N–H and O–H groups in total. The van der Waals surface area contributed by atoms with E-state index in [9.17, 15) is 29.7 Å². The Morgan fingerprint density at radius 2 is 2.06 bits per heavy atom. The molecule has 0 aromatic carbocycles. The Morgan fingerprint density at radius 3 is 2.65 bits per heavy atom. The molecule has 0 aromatic heterocycles. The largest absolute Gasteiger partial charge is 0.468 e. The van der Waals surface area contributed by atoms with E-state index in [1.54, 1.807) is 6.08 Å². The maximum Gasteiger partial charge on any atom is 0.316 e. The Bertz CT molecular complexity index is 695. The van der Waals surface area contributed by atoms with Gasteiger partial charge in [0, 0.05) is 5.92 Å². The number of carbonyl (C=O) groups excluding carboxylic acids is 3. The van der Waals surface area contributed by atoms with Gasteiger partial charge in [0.25, 0.3) is 0 Å². The van der Waals surface area contributed by atoms with E-state index < -0.39 is 52.2 Å². The lowest BCUT2D eigenvalue weighted by atomic mass is 9.68. The van der Waals surface area contributed by atoms with Crippen LogP contribution >= 0.6 is 11.8 Å². The number of aliphatic hydroxyl groups is 3. The molecule has 0 aromatic rings. The van der Waals surface area contributed by atoms with Gasteiger partial charge in [-0.1, -0.05) is 50.1 Å². The van der Waals surface area contributed by atoms with Crippen LogP contribution in [0.15, 0.2) is 12.2 Å². The lowest BCUT2D eigenvalue weighted by molar-refractivity contribution is -0.149. The first-order valence-corrected chi connectivity index (χ1v) is 11.9. The van der Waals surface area contributed by atoms with Crippen LogP contribution in [-0.2, 0) is 19.1 Å². The van der Waals surface area contributed by atoms with Gasteiger partial charge in [-0.3, -0.25) is 14.4 Å². The summed E-state index contributed by atoms with van der Waals surface area (Å²) in [5, 5.41) is 35.5. The van der Waals surface area contributed by atoms with Gasteiger partial charge in [0.2, 0.25) is 11.0 Å². The molecule has 0 radical (unpaired) electrons. The van der Waals surface area contributed by atoms with Crippen molar-refractivity contribution in [3.8, 4) is 0 Å². The molecule has 1 aliphatic heterocycles. The summed E-state index contributed by atoms with van der Waals surface area (Å²) in [5.41, 5.74) is -4.13. The summed E-state index contributed by atoms with van der Waals surface area (Å²) in [5.74, 6) is -3.38. The Kier molecular flexibility index (Phi) is 9.12. The number of unbranched alkanes of at least 4 members (excludes halogenated alkanes) is 2. The number of thioether (sulfide) groups is 1. The molecule has 0 saturated carbocycles. The fourth-order valence-corrected chi connectivity index (χ4v) is 5.66. The molecule has 9 heteroatoms. The van der Waals surface area contributed by atoms with Crippen molar-refractivity contribution < 1.29 is 34.4 Å². The monoisotopic (exact) mass is 457 g/mol. The summed E-state index contributed by atoms with van der Waals surface area (Å²) in [4.78, 5) is 37.9. The molecule has 1 unspecified atom stereocenters. The van der Waals surface area contributed by atoms with E-state index in [-0.39, 0.29) is 5.75 Å². The summed E-state index contributed by atoms with van der Waals surface area (Å²) >= 11 is 0.583. The lowest BCUT2D eigenvalue weighted by Gasteiger charge is -2.45. The number of hydrogen-bond acceptors (Lipinski definition) is 8. The van der Waals surface area contributed by atoms with E-state index in [1.165, 1.54) is 14.0 Å². The summed E-state index contributed by atoms with van der Waals surface area (Å²) in [6.07, 6.45) is 6.10. The number of carbonyl (C=O) groups is 3. The topological polar surface area (TPSA) is 133 Å². The standard InChI is InChI=1S/C22H35NO7S/c1-4-5-7-12-15(24)17-19(27)23-22(21(17,2)29,20(28)31-13-16(25)30-3)18(26)14-10-8-6-9-11-14/h8,10,14-15,17-18,24,26,29H,4-7,9,11-13H2,1-3H3,(H,23,27)/t14-,15?,17+,18+,21+,22+/m1/s1. The highest BCUT2D eigenvalue weighted by atomic mass is 32.2. The number of methoxy groups -OCH3 is 1. The highest BCUT2D eigenvalue weighted by molar-refractivity contribution is 8.14. The Labute approximate surface area is 187 Å². The van der Waals surface area contributed by atoms with Crippen LogP contribution in [0.3, 0.4) is 0 Å². The lowest BCUT2D eigenvalue weighted by Crippen LogP contribution is -2.70. The zero-order valence-electron chi connectivity index (χ0n) is 18.5. The minimum absolute atomic E-state index is 0.293. The number of allylic oxidation sites excluding steroid dienone is 1. The number of nitrogens with one attached hydrogen (secondary N) is 1. The Hall–Kier alpha value is -1.42. The van der Waals surface area contributed by atoms with Crippen LogP contribution in [-0.4, -0.2) is 68.5 Å². The van der Waals surface area contributed by atoms with E-state index in [2.05, 4.69) is 10.1 Å². The molecule has 0 spiro atoms. The zero-order chi connectivity index (χ0) is 23.2. The quantitative estimate of drug-likeness (QED) is 0.219. The van der Waals surface area contributed by atoms with Crippen LogP contribution in [0.4, 0.5) is 0 Å². The molecule has 1 heterocycles. The van der Waals surface area contributed by atoms with Gasteiger partial charge in [-0.05, 0) is 32.6 Å². The normalized spacial score (nSPS) is 32.4. The molecule has 176 valence electrons. The molecule has 8 nitrogen and oxygen atoms in total. The number of ether oxygens (including phenoxy) is 1. The Balaban J connectivity index is 2.41. The van der Waals surface area contributed by atoms with E-state index in [0.29, 0.717) is 31.0 Å². The van der Waals surface area contributed by atoms with Gasteiger partial charge in [-0.25, -0.2) is 0 Å². The van der Waals surface area contributed by atoms with Crippen LogP contribution in [0.5, 0.6) is 0 Å². The second-order valence-electron chi connectivity index (χ2n) is 8.61. The van der Waals surface area contributed by atoms with Crippen LogP contribution in [0.25, 0.3) is 0 Å². The minimum atomic E-state index is -2.07. The first kappa shape index (κ1) is 25.8. The molecule has 1 amide bonds. The SMILES string of the molecule is CCCCCC(O)[C@H]1C(=O)N[C@](C(=O)SCC(=O)OC)([C@@H](O)[C@@H]2C=CCCC2)[C@@]1(C)O. The first-order valence-electron chi connectivity index (χ1n) is 10.9. The maximum atomic E-state index is 13.4. The minimum Gasteiger partial charge on any atom is -0.468 e. The number of amides is 1. The van der Waals surface area contributed by atoms with E-state index in [0.717, 1.165) is 25.7 Å². The summed E-state index contributed by atoms with van der Waals surface area (Å²) in [7, 11) is 1.20. The third kappa shape index (κ3) is 5.16. The van der Waals surface area contributed by atoms with Gasteiger partial charge in [0.05, 0.1) is 31.0 Å². The predicted octanol–water partition coefficient (Wildman–Crippen LogP) is 1.31. The molecule has 1 saturated heterocycles. The molecular weight excluding hydrogens is 422 g/mol. The van der Waals surface area contributed by atoms with Crippen LogP contribution in [0.1, 0.15) is 58.8 Å². The molecule has 31 heavy (non-hydrogen) atoms. The molecule has 2 aliphatic rings. The average Bonchev–Trinajstić information content (AvgIpc) is 2.97. The van der Waals surface area contributed by atoms with Crippen molar-refractivity contribution in [3.05, 3.63) is 12.2 Å². The second kappa shape index (κ2) is 10.9. The van der Waals surface area contributed by atoms with Gasteiger partial charge in [-0.15, -0.1) is 0 Å². The van der Waals surface area contributed by atoms with E-state index in [4.69, 9.17) is 0 Å². The number of aliphatic hydroxyl groups excluding tert-OH is 2. The van der Waals surface area contributed by atoms with Crippen LogP contribution < -0.4 is 5.32 Å². The fraction of sp³-hybridized carbons (Fsp3) is 0.773. The molecule has 0 bridgehead atoms. The van der Waals surface area contributed by atoms with Gasteiger partial charge in [0.15, 0.2) is 5.54 Å². The maximum absolute atomic E-state index is 13.4.